The molecule has 0 saturated carbocycles. The molecule has 0 unspecified atom stereocenters. The number of furan rings is 1. The number of hydrogen-bond acceptors (Lipinski definition) is 4. The maximum atomic E-state index is 13.1. The zero-order valence-electron chi connectivity index (χ0n) is 16.3. The van der Waals surface area contributed by atoms with Gasteiger partial charge in [0.15, 0.2) is 5.76 Å². The standard InChI is InChI=1S/C21H20Cl2N4O3/c1-14-18(19(23)27(24-14)13-15-5-2-3-6-16(15)22)21(29)26-10-8-25(9-11-26)20(28)17-7-4-12-30-17/h2-7,12H,8-11,13H2,1H3. The van der Waals surface area contributed by atoms with Crippen LogP contribution in [0.5, 0.6) is 0 Å². The predicted molar refractivity (Wildman–Crippen MR) is 113 cm³/mol. The summed E-state index contributed by atoms with van der Waals surface area (Å²) in [5.74, 6) is -0.0589. The van der Waals surface area contributed by atoms with Gasteiger partial charge < -0.3 is 14.2 Å². The highest BCUT2D eigenvalue weighted by atomic mass is 35.5. The molecule has 1 aliphatic heterocycles. The molecule has 156 valence electrons. The Hall–Kier alpha value is -2.77. The highest BCUT2D eigenvalue weighted by Gasteiger charge is 2.30. The van der Waals surface area contributed by atoms with Crippen LogP contribution in [-0.4, -0.2) is 57.6 Å². The van der Waals surface area contributed by atoms with Crippen LogP contribution in [0.1, 0.15) is 32.2 Å². The summed E-state index contributed by atoms with van der Waals surface area (Å²) < 4.78 is 6.76. The van der Waals surface area contributed by atoms with E-state index in [1.165, 1.54) is 6.26 Å². The number of piperazine rings is 1. The van der Waals surface area contributed by atoms with Crippen molar-refractivity contribution < 1.29 is 14.0 Å². The molecule has 7 nitrogen and oxygen atoms in total. The van der Waals surface area contributed by atoms with Crippen LogP contribution in [0.25, 0.3) is 0 Å². The van der Waals surface area contributed by atoms with Crippen molar-refractivity contribution >= 4 is 35.0 Å². The lowest BCUT2D eigenvalue weighted by Crippen LogP contribution is -2.50. The summed E-state index contributed by atoms with van der Waals surface area (Å²) in [7, 11) is 0. The molecule has 0 radical (unpaired) electrons. The maximum Gasteiger partial charge on any atom is 0.289 e. The lowest BCUT2D eigenvalue weighted by Gasteiger charge is -2.34. The molecular weight excluding hydrogens is 427 g/mol. The second-order valence-corrected chi connectivity index (χ2v) is 7.83. The predicted octanol–water partition coefficient (Wildman–Crippen LogP) is 3.74. The molecule has 2 amide bonds. The molecule has 30 heavy (non-hydrogen) atoms. The SMILES string of the molecule is Cc1nn(Cc2ccccc2Cl)c(Cl)c1C(=O)N1CCN(C(=O)c2ccco2)CC1. The average molecular weight is 447 g/mol. The van der Waals surface area contributed by atoms with E-state index in [4.69, 9.17) is 27.6 Å². The van der Waals surface area contributed by atoms with Gasteiger partial charge in [0.05, 0.1) is 24.1 Å². The lowest BCUT2D eigenvalue weighted by molar-refractivity contribution is 0.0517. The van der Waals surface area contributed by atoms with Crippen LogP contribution >= 0.6 is 23.2 Å². The Bertz CT molecular complexity index is 1070. The summed E-state index contributed by atoms with van der Waals surface area (Å²) in [4.78, 5) is 28.9. The van der Waals surface area contributed by atoms with E-state index in [1.807, 2.05) is 18.2 Å². The summed E-state index contributed by atoms with van der Waals surface area (Å²) in [6.45, 7) is 3.82. The fraction of sp³-hybridized carbons (Fsp3) is 0.286. The second kappa shape index (κ2) is 8.53. The molecule has 1 aromatic carbocycles. The quantitative estimate of drug-likeness (QED) is 0.611. The number of carbonyl (C=O) groups is 2. The maximum absolute atomic E-state index is 13.1. The van der Waals surface area contributed by atoms with Crippen LogP contribution in [0.4, 0.5) is 0 Å². The van der Waals surface area contributed by atoms with Gasteiger partial charge in [0.25, 0.3) is 11.8 Å². The third-order valence-electron chi connectivity index (χ3n) is 5.14. The summed E-state index contributed by atoms with van der Waals surface area (Å²) in [6.07, 6.45) is 1.47. The second-order valence-electron chi connectivity index (χ2n) is 7.06. The van der Waals surface area contributed by atoms with Gasteiger partial charge in [0.2, 0.25) is 0 Å². The molecule has 1 fully saturated rings. The van der Waals surface area contributed by atoms with Gasteiger partial charge in [-0.3, -0.25) is 9.59 Å². The summed E-state index contributed by atoms with van der Waals surface area (Å²) in [5, 5.41) is 5.34. The molecule has 1 saturated heterocycles. The zero-order chi connectivity index (χ0) is 21.3. The monoisotopic (exact) mass is 446 g/mol. The van der Waals surface area contributed by atoms with E-state index < -0.39 is 0 Å². The Kier molecular flexibility index (Phi) is 5.83. The molecule has 4 rings (SSSR count). The average Bonchev–Trinajstić information content (AvgIpc) is 3.37. The third kappa shape index (κ3) is 3.95. The van der Waals surface area contributed by atoms with Gasteiger partial charge in [0, 0.05) is 31.2 Å². The number of rotatable bonds is 4. The van der Waals surface area contributed by atoms with Crippen molar-refractivity contribution in [1.29, 1.82) is 0 Å². The fourth-order valence-corrected chi connectivity index (χ4v) is 4.03. The van der Waals surface area contributed by atoms with Gasteiger partial charge in [-0.2, -0.15) is 5.10 Å². The molecule has 0 spiro atoms. The third-order valence-corrected chi connectivity index (χ3v) is 5.90. The van der Waals surface area contributed by atoms with E-state index in [0.717, 1.165) is 5.56 Å². The minimum atomic E-state index is -0.187. The lowest BCUT2D eigenvalue weighted by atomic mass is 10.2. The largest absolute Gasteiger partial charge is 0.459 e. The van der Waals surface area contributed by atoms with Gasteiger partial charge in [-0.05, 0) is 30.7 Å². The van der Waals surface area contributed by atoms with E-state index in [-0.39, 0.29) is 17.0 Å². The van der Waals surface area contributed by atoms with E-state index in [2.05, 4.69) is 5.10 Å². The Balaban J connectivity index is 1.46. The normalized spacial score (nSPS) is 14.2. The highest BCUT2D eigenvalue weighted by Crippen LogP contribution is 2.25. The minimum absolute atomic E-state index is 0.172. The van der Waals surface area contributed by atoms with E-state index in [0.29, 0.717) is 54.8 Å². The van der Waals surface area contributed by atoms with Gasteiger partial charge in [-0.15, -0.1) is 0 Å². The van der Waals surface area contributed by atoms with Gasteiger partial charge in [-0.1, -0.05) is 41.4 Å². The minimum Gasteiger partial charge on any atom is -0.459 e. The molecule has 9 heteroatoms. The number of carbonyl (C=O) groups excluding carboxylic acids is 2. The zero-order valence-corrected chi connectivity index (χ0v) is 17.9. The van der Waals surface area contributed by atoms with Gasteiger partial charge >= 0.3 is 0 Å². The fourth-order valence-electron chi connectivity index (χ4n) is 3.52. The van der Waals surface area contributed by atoms with E-state index in [1.54, 1.807) is 39.6 Å². The smallest absolute Gasteiger partial charge is 0.289 e. The topological polar surface area (TPSA) is 71.6 Å². The van der Waals surface area contributed by atoms with Crippen molar-refractivity contribution in [2.75, 3.05) is 26.2 Å². The molecular formula is C21H20Cl2N4O3. The first-order valence-corrected chi connectivity index (χ1v) is 10.3. The van der Waals surface area contributed by atoms with Crippen LogP contribution in [0.2, 0.25) is 10.2 Å². The molecule has 0 bridgehead atoms. The number of nitrogens with zero attached hydrogens (tertiary/aromatic N) is 4. The van der Waals surface area contributed by atoms with Crippen LogP contribution in [0.15, 0.2) is 47.1 Å². The van der Waals surface area contributed by atoms with Gasteiger partial charge in [0.1, 0.15) is 5.15 Å². The number of hydrogen-bond donors (Lipinski definition) is 0. The molecule has 2 aromatic heterocycles. The van der Waals surface area contributed by atoms with Crippen LogP contribution in [0, 0.1) is 6.92 Å². The molecule has 1 aliphatic rings. The Morgan fingerprint density at radius 3 is 2.30 bits per heavy atom. The highest BCUT2D eigenvalue weighted by molar-refractivity contribution is 6.33. The first kappa shape index (κ1) is 20.5. The van der Waals surface area contributed by atoms with Crippen molar-refractivity contribution in [3.63, 3.8) is 0 Å². The van der Waals surface area contributed by atoms with Crippen molar-refractivity contribution in [1.82, 2.24) is 19.6 Å². The molecule has 3 heterocycles. The molecule has 0 atom stereocenters. The van der Waals surface area contributed by atoms with Crippen LogP contribution < -0.4 is 0 Å². The Morgan fingerprint density at radius 1 is 1.00 bits per heavy atom. The van der Waals surface area contributed by atoms with Crippen molar-refractivity contribution in [2.24, 2.45) is 0 Å². The number of aryl methyl sites for hydroxylation is 1. The van der Waals surface area contributed by atoms with E-state index in [9.17, 15) is 9.59 Å². The van der Waals surface area contributed by atoms with Crippen LogP contribution in [-0.2, 0) is 6.54 Å². The number of benzene rings is 1. The summed E-state index contributed by atoms with van der Waals surface area (Å²) in [5.41, 5.74) is 1.81. The van der Waals surface area contributed by atoms with Gasteiger partial charge in [-0.25, -0.2) is 4.68 Å². The van der Waals surface area contributed by atoms with Crippen molar-refractivity contribution in [3.8, 4) is 0 Å². The first-order valence-electron chi connectivity index (χ1n) is 9.54. The number of amides is 2. The van der Waals surface area contributed by atoms with Crippen molar-refractivity contribution in [2.45, 2.75) is 13.5 Å². The first-order chi connectivity index (χ1) is 14.5. The number of aromatic nitrogens is 2. The molecule has 0 aliphatic carbocycles. The molecule has 0 N–H and O–H groups in total. The summed E-state index contributed by atoms with van der Waals surface area (Å²) >= 11 is 12.8. The Labute approximate surface area is 183 Å². The molecule has 3 aromatic rings. The summed E-state index contributed by atoms with van der Waals surface area (Å²) in [6, 6.07) is 10.8. The van der Waals surface area contributed by atoms with Crippen molar-refractivity contribution in [3.05, 3.63) is 75.4 Å². The van der Waals surface area contributed by atoms with Crippen LogP contribution in [0.3, 0.4) is 0 Å². The Morgan fingerprint density at radius 2 is 1.67 bits per heavy atom. The number of halogens is 2. The van der Waals surface area contributed by atoms with E-state index >= 15 is 0 Å².